The third kappa shape index (κ3) is 5.39. The SMILES string of the molecule is Cc1cc(NC(=O)N(C)CCOc2ccc(Cl)cc2)ccc1C(N)=O. The summed E-state index contributed by atoms with van der Waals surface area (Å²) in [6, 6.07) is 11.7. The van der Waals surface area contributed by atoms with Gasteiger partial charge in [-0.05, 0) is 55.0 Å². The van der Waals surface area contributed by atoms with Crippen LogP contribution in [-0.2, 0) is 0 Å². The van der Waals surface area contributed by atoms with Gasteiger partial charge < -0.3 is 20.7 Å². The molecule has 132 valence electrons. The normalized spacial score (nSPS) is 10.2. The Morgan fingerprint density at radius 1 is 1.20 bits per heavy atom. The van der Waals surface area contributed by atoms with Crippen LogP contribution < -0.4 is 15.8 Å². The number of ether oxygens (including phenoxy) is 1. The van der Waals surface area contributed by atoms with Gasteiger partial charge in [-0.3, -0.25) is 4.79 Å². The molecule has 0 saturated carbocycles. The molecular formula is C18H20ClN3O3. The molecular weight excluding hydrogens is 342 g/mol. The number of urea groups is 1. The average molecular weight is 362 g/mol. The zero-order valence-electron chi connectivity index (χ0n) is 14.1. The maximum atomic E-state index is 12.2. The number of carbonyl (C=O) groups is 2. The molecule has 0 aliphatic heterocycles. The van der Waals surface area contributed by atoms with Crippen molar-refractivity contribution in [2.45, 2.75) is 6.92 Å². The van der Waals surface area contributed by atoms with Crippen LogP contribution in [0.5, 0.6) is 5.75 Å². The number of benzene rings is 2. The van der Waals surface area contributed by atoms with Crippen molar-refractivity contribution in [3.63, 3.8) is 0 Å². The molecule has 0 heterocycles. The Hall–Kier alpha value is -2.73. The molecule has 0 aromatic heterocycles. The molecule has 7 heteroatoms. The van der Waals surface area contributed by atoms with Gasteiger partial charge in [0.2, 0.25) is 5.91 Å². The molecule has 0 bridgehead atoms. The van der Waals surface area contributed by atoms with E-state index in [-0.39, 0.29) is 6.03 Å². The number of nitrogens with two attached hydrogens (primary N) is 1. The van der Waals surface area contributed by atoms with Gasteiger partial charge in [0.25, 0.3) is 0 Å². The van der Waals surface area contributed by atoms with E-state index in [1.54, 1.807) is 56.4 Å². The van der Waals surface area contributed by atoms with E-state index >= 15 is 0 Å². The zero-order chi connectivity index (χ0) is 18.4. The lowest BCUT2D eigenvalue weighted by Crippen LogP contribution is -2.34. The van der Waals surface area contributed by atoms with Crippen LogP contribution in [0, 0.1) is 6.92 Å². The summed E-state index contributed by atoms with van der Waals surface area (Å²) in [5.74, 6) is 0.197. The van der Waals surface area contributed by atoms with Crippen LogP contribution in [0.2, 0.25) is 5.02 Å². The lowest BCUT2D eigenvalue weighted by Gasteiger charge is -2.18. The van der Waals surface area contributed by atoms with Crippen molar-refractivity contribution in [1.82, 2.24) is 4.90 Å². The van der Waals surface area contributed by atoms with Crippen LogP contribution in [0.15, 0.2) is 42.5 Å². The molecule has 0 aliphatic carbocycles. The lowest BCUT2D eigenvalue weighted by molar-refractivity contribution is 0.0999. The van der Waals surface area contributed by atoms with E-state index in [1.165, 1.54) is 4.90 Å². The van der Waals surface area contributed by atoms with Crippen molar-refractivity contribution in [2.24, 2.45) is 5.73 Å². The Morgan fingerprint density at radius 2 is 1.88 bits per heavy atom. The number of rotatable bonds is 6. The van der Waals surface area contributed by atoms with E-state index in [0.29, 0.717) is 40.7 Å². The summed E-state index contributed by atoms with van der Waals surface area (Å²) in [7, 11) is 1.67. The first-order valence-electron chi connectivity index (χ1n) is 7.68. The van der Waals surface area contributed by atoms with Crippen molar-refractivity contribution >= 4 is 29.2 Å². The van der Waals surface area contributed by atoms with E-state index in [1.807, 2.05) is 0 Å². The van der Waals surface area contributed by atoms with Gasteiger partial charge in [0, 0.05) is 23.3 Å². The highest BCUT2D eigenvalue weighted by Crippen LogP contribution is 2.16. The molecule has 3 amide bonds. The molecule has 0 radical (unpaired) electrons. The van der Waals surface area contributed by atoms with E-state index in [2.05, 4.69) is 5.32 Å². The Morgan fingerprint density at radius 3 is 2.48 bits per heavy atom. The number of likely N-dealkylation sites (N-methyl/N-ethyl adjacent to an activating group) is 1. The van der Waals surface area contributed by atoms with E-state index in [0.717, 1.165) is 0 Å². The molecule has 3 N–H and O–H groups in total. The van der Waals surface area contributed by atoms with E-state index in [9.17, 15) is 9.59 Å². The Bertz CT molecular complexity index is 763. The van der Waals surface area contributed by atoms with Crippen LogP contribution in [0.25, 0.3) is 0 Å². The molecule has 0 fully saturated rings. The van der Waals surface area contributed by atoms with Crippen molar-refractivity contribution < 1.29 is 14.3 Å². The van der Waals surface area contributed by atoms with Gasteiger partial charge >= 0.3 is 6.03 Å². The number of carbonyl (C=O) groups excluding carboxylic acids is 2. The topological polar surface area (TPSA) is 84.7 Å². The molecule has 2 aromatic rings. The van der Waals surface area contributed by atoms with Gasteiger partial charge in [-0.2, -0.15) is 0 Å². The van der Waals surface area contributed by atoms with E-state index < -0.39 is 5.91 Å². The molecule has 6 nitrogen and oxygen atoms in total. The van der Waals surface area contributed by atoms with Gasteiger partial charge in [-0.15, -0.1) is 0 Å². The minimum absolute atomic E-state index is 0.272. The summed E-state index contributed by atoms with van der Waals surface area (Å²) in [6.45, 7) is 2.53. The second-order valence-corrected chi connectivity index (χ2v) is 5.98. The first kappa shape index (κ1) is 18.6. The maximum Gasteiger partial charge on any atom is 0.321 e. The first-order chi connectivity index (χ1) is 11.9. The maximum absolute atomic E-state index is 12.2. The second kappa shape index (κ2) is 8.39. The highest BCUT2D eigenvalue weighted by Gasteiger charge is 2.11. The number of anilines is 1. The van der Waals surface area contributed by atoms with Crippen molar-refractivity contribution in [1.29, 1.82) is 0 Å². The number of aryl methyl sites for hydroxylation is 1. The predicted octanol–water partition coefficient (Wildman–Crippen LogP) is 3.29. The van der Waals surface area contributed by atoms with Gasteiger partial charge in [0.05, 0.1) is 6.54 Å². The van der Waals surface area contributed by atoms with Crippen molar-refractivity contribution in [3.05, 3.63) is 58.6 Å². The molecule has 25 heavy (non-hydrogen) atoms. The third-order valence-corrected chi connectivity index (χ3v) is 3.85. The Labute approximate surface area is 151 Å². The first-order valence-corrected chi connectivity index (χ1v) is 8.05. The summed E-state index contributed by atoms with van der Waals surface area (Å²) < 4.78 is 5.56. The van der Waals surface area contributed by atoms with Gasteiger partial charge in [0.1, 0.15) is 12.4 Å². The smallest absolute Gasteiger partial charge is 0.321 e. The van der Waals surface area contributed by atoms with Crippen LogP contribution >= 0.6 is 11.6 Å². The number of hydrogen-bond acceptors (Lipinski definition) is 3. The quantitative estimate of drug-likeness (QED) is 0.827. The summed E-state index contributed by atoms with van der Waals surface area (Å²) in [5, 5.41) is 3.41. The molecule has 0 aliphatic rings. The van der Waals surface area contributed by atoms with Crippen LogP contribution in [0.1, 0.15) is 15.9 Å². The molecule has 0 unspecified atom stereocenters. The van der Waals surface area contributed by atoms with Gasteiger partial charge in [-0.25, -0.2) is 4.79 Å². The zero-order valence-corrected chi connectivity index (χ0v) is 14.8. The lowest BCUT2D eigenvalue weighted by atomic mass is 10.1. The fourth-order valence-corrected chi connectivity index (χ4v) is 2.30. The average Bonchev–Trinajstić information content (AvgIpc) is 2.56. The van der Waals surface area contributed by atoms with Crippen LogP contribution in [0.4, 0.5) is 10.5 Å². The Balaban J connectivity index is 1.84. The molecule has 2 rings (SSSR count). The standard InChI is InChI=1S/C18H20ClN3O3/c1-12-11-14(5-8-16(12)17(20)23)21-18(24)22(2)9-10-25-15-6-3-13(19)4-7-15/h3-8,11H,9-10H2,1-2H3,(H2,20,23)(H,21,24). The predicted molar refractivity (Wildman–Crippen MR) is 98.3 cm³/mol. The fraction of sp³-hybridized carbons (Fsp3) is 0.222. The number of nitrogens with one attached hydrogen (secondary N) is 1. The molecule has 2 aromatic carbocycles. The summed E-state index contributed by atoms with van der Waals surface area (Å²) in [5.41, 5.74) is 7.01. The van der Waals surface area contributed by atoms with E-state index in [4.69, 9.17) is 22.1 Å². The highest BCUT2D eigenvalue weighted by atomic mass is 35.5. The highest BCUT2D eigenvalue weighted by molar-refractivity contribution is 6.30. The van der Waals surface area contributed by atoms with Crippen molar-refractivity contribution in [3.8, 4) is 5.75 Å². The molecule has 0 atom stereocenters. The number of halogens is 1. The summed E-state index contributed by atoms with van der Waals surface area (Å²) in [4.78, 5) is 24.9. The largest absolute Gasteiger partial charge is 0.492 e. The number of hydrogen-bond donors (Lipinski definition) is 2. The minimum Gasteiger partial charge on any atom is -0.492 e. The fourth-order valence-electron chi connectivity index (χ4n) is 2.17. The molecule has 0 spiro atoms. The van der Waals surface area contributed by atoms with Gasteiger partial charge in [-0.1, -0.05) is 11.6 Å². The number of primary amides is 1. The van der Waals surface area contributed by atoms with Crippen LogP contribution in [-0.4, -0.2) is 37.0 Å². The van der Waals surface area contributed by atoms with Crippen LogP contribution in [0.3, 0.4) is 0 Å². The number of nitrogens with zero attached hydrogens (tertiary/aromatic N) is 1. The van der Waals surface area contributed by atoms with Gasteiger partial charge in [0.15, 0.2) is 0 Å². The molecule has 0 saturated heterocycles. The summed E-state index contributed by atoms with van der Waals surface area (Å²) >= 11 is 5.81. The third-order valence-electron chi connectivity index (χ3n) is 3.60. The second-order valence-electron chi connectivity index (χ2n) is 5.55. The van der Waals surface area contributed by atoms with Crippen molar-refractivity contribution in [2.75, 3.05) is 25.5 Å². The Kier molecular flexibility index (Phi) is 6.25. The number of amides is 3. The monoisotopic (exact) mass is 361 g/mol. The minimum atomic E-state index is -0.494. The summed E-state index contributed by atoms with van der Waals surface area (Å²) in [6.07, 6.45) is 0.